The molecule has 0 aliphatic rings. The normalized spacial score (nSPS) is 13.2. The number of nitrogens with zero attached hydrogens (tertiary/aromatic N) is 2. The van der Waals surface area contributed by atoms with Gasteiger partial charge in [-0.15, -0.1) is 0 Å². The molecule has 0 aliphatic carbocycles. The van der Waals surface area contributed by atoms with E-state index in [1.807, 2.05) is 6.07 Å². The van der Waals surface area contributed by atoms with Crippen molar-refractivity contribution < 1.29 is 0 Å². The molecule has 0 aromatic heterocycles. The highest BCUT2D eigenvalue weighted by atomic mass is 15.2. The van der Waals surface area contributed by atoms with Crippen LogP contribution in [0.4, 0.5) is 0 Å². The van der Waals surface area contributed by atoms with Crippen LogP contribution in [-0.2, 0) is 0 Å². The largest absolute Gasteiger partial charge is 0.357 e. The van der Waals surface area contributed by atoms with E-state index < -0.39 is 0 Å². The van der Waals surface area contributed by atoms with Gasteiger partial charge < -0.3 is 15.5 Å². The number of nitrogens with one attached hydrogen (secondary N) is 2. The fourth-order valence-electron chi connectivity index (χ4n) is 2.53. The Morgan fingerprint density at radius 2 is 1.78 bits per heavy atom. The molecule has 4 heteroatoms. The minimum absolute atomic E-state index is 0.254. The molecule has 130 valence electrons. The fraction of sp³-hybridized carbons (Fsp3) is 0.632. The van der Waals surface area contributed by atoms with Crippen molar-refractivity contribution in [3.8, 4) is 0 Å². The first-order valence-corrected chi connectivity index (χ1v) is 9.03. The molecule has 0 saturated carbocycles. The van der Waals surface area contributed by atoms with Crippen molar-refractivity contribution in [2.24, 2.45) is 4.99 Å². The molecule has 0 heterocycles. The van der Waals surface area contributed by atoms with Crippen molar-refractivity contribution in [3.63, 3.8) is 0 Å². The van der Waals surface area contributed by atoms with Crippen molar-refractivity contribution in [3.05, 3.63) is 35.9 Å². The van der Waals surface area contributed by atoms with Crippen molar-refractivity contribution in [1.82, 2.24) is 15.5 Å². The van der Waals surface area contributed by atoms with E-state index in [1.54, 1.807) is 0 Å². The summed E-state index contributed by atoms with van der Waals surface area (Å²) in [7, 11) is 0. The Balaban J connectivity index is 2.41. The van der Waals surface area contributed by atoms with Gasteiger partial charge in [0, 0.05) is 13.1 Å². The van der Waals surface area contributed by atoms with E-state index in [4.69, 9.17) is 4.99 Å². The lowest BCUT2D eigenvalue weighted by atomic mass is 10.1. The van der Waals surface area contributed by atoms with Crippen molar-refractivity contribution in [2.45, 2.75) is 46.6 Å². The molecule has 2 N–H and O–H groups in total. The summed E-state index contributed by atoms with van der Waals surface area (Å²) in [5, 5.41) is 6.82. The second-order valence-electron chi connectivity index (χ2n) is 5.77. The third-order valence-electron chi connectivity index (χ3n) is 4.04. The molecule has 0 fully saturated rings. The summed E-state index contributed by atoms with van der Waals surface area (Å²) in [5.74, 6) is 0.909. The van der Waals surface area contributed by atoms with Crippen molar-refractivity contribution >= 4 is 5.96 Å². The molecular formula is C19H34N4. The van der Waals surface area contributed by atoms with E-state index in [9.17, 15) is 0 Å². The number of aliphatic imine (C=N–C) groups is 1. The standard InChI is InChI=1S/C19H34N4/c1-5-20-19(21-15-11-12-16-23(6-2)7-3)22-17(4)18-13-9-8-10-14-18/h8-10,13-14,17H,5-7,11-12,15-16H2,1-4H3,(H2,20,21,22). The summed E-state index contributed by atoms with van der Waals surface area (Å²) in [4.78, 5) is 7.17. The number of rotatable bonds is 10. The molecule has 1 atom stereocenters. The Morgan fingerprint density at radius 1 is 1.09 bits per heavy atom. The maximum absolute atomic E-state index is 4.70. The topological polar surface area (TPSA) is 39.7 Å². The first kappa shape index (κ1) is 19.5. The van der Waals surface area contributed by atoms with Crippen LogP contribution >= 0.6 is 0 Å². The Hall–Kier alpha value is -1.55. The van der Waals surface area contributed by atoms with Crippen LogP contribution in [0.3, 0.4) is 0 Å². The predicted molar refractivity (Wildman–Crippen MR) is 101 cm³/mol. The molecule has 0 spiro atoms. The van der Waals surface area contributed by atoms with Crippen LogP contribution in [0.25, 0.3) is 0 Å². The van der Waals surface area contributed by atoms with Crippen molar-refractivity contribution in [1.29, 1.82) is 0 Å². The highest BCUT2D eigenvalue weighted by Gasteiger charge is 2.06. The minimum Gasteiger partial charge on any atom is -0.357 e. The molecule has 0 bridgehead atoms. The van der Waals surface area contributed by atoms with E-state index in [2.05, 4.69) is 67.5 Å². The zero-order valence-electron chi connectivity index (χ0n) is 15.3. The van der Waals surface area contributed by atoms with Gasteiger partial charge in [0.25, 0.3) is 0 Å². The number of unbranched alkanes of at least 4 members (excludes halogenated alkanes) is 1. The first-order valence-electron chi connectivity index (χ1n) is 9.03. The fourth-order valence-corrected chi connectivity index (χ4v) is 2.53. The maximum atomic E-state index is 4.70. The molecule has 23 heavy (non-hydrogen) atoms. The predicted octanol–water partition coefficient (Wildman–Crippen LogP) is 3.42. The van der Waals surface area contributed by atoms with Gasteiger partial charge in [0.2, 0.25) is 0 Å². The summed E-state index contributed by atoms with van der Waals surface area (Å²) in [5.41, 5.74) is 1.28. The molecule has 1 rings (SSSR count). The van der Waals surface area contributed by atoms with Crippen LogP contribution in [0, 0.1) is 0 Å². The third-order valence-corrected chi connectivity index (χ3v) is 4.04. The molecule has 0 amide bonds. The molecule has 4 nitrogen and oxygen atoms in total. The van der Waals surface area contributed by atoms with Crippen LogP contribution in [0.1, 0.15) is 52.1 Å². The van der Waals surface area contributed by atoms with Crippen LogP contribution in [-0.4, -0.2) is 43.6 Å². The molecule has 0 saturated heterocycles. The van der Waals surface area contributed by atoms with Gasteiger partial charge in [0.15, 0.2) is 5.96 Å². The molecule has 0 aliphatic heterocycles. The number of guanidine groups is 1. The van der Waals surface area contributed by atoms with Gasteiger partial charge in [-0.3, -0.25) is 4.99 Å². The Kier molecular flexibility index (Phi) is 10.1. The maximum Gasteiger partial charge on any atom is 0.191 e. The first-order chi connectivity index (χ1) is 11.2. The Bertz CT molecular complexity index is 426. The second-order valence-corrected chi connectivity index (χ2v) is 5.77. The van der Waals surface area contributed by atoms with E-state index in [-0.39, 0.29) is 6.04 Å². The monoisotopic (exact) mass is 318 g/mol. The van der Waals surface area contributed by atoms with Crippen LogP contribution in [0.15, 0.2) is 35.3 Å². The van der Waals surface area contributed by atoms with Gasteiger partial charge in [-0.05, 0) is 51.9 Å². The highest BCUT2D eigenvalue weighted by Crippen LogP contribution is 2.10. The van der Waals surface area contributed by atoms with Gasteiger partial charge in [0.1, 0.15) is 0 Å². The molecule has 1 unspecified atom stereocenters. The van der Waals surface area contributed by atoms with Crippen molar-refractivity contribution in [2.75, 3.05) is 32.7 Å². The lowest BCUT2D eigenvalue weighted by Gasteiger charge is -2.19. The number of hydrogen-bond donors (Lipinski definition) is 2. The average Bonchev–Trinajstić information content (AvgIpc) is 2.59. The zero-order chi connectivity index (χ0) is 16.9. The van der Waals surface area contributed by atoms with E-state index in [0.717, 1.165) is 38.6 Å². The van der Waals surface area contributed by atoms with E-state index in [0.29, 0.717) is 0 Å². The Morgan fingerprint density at radius 3 is 2.39 bits per heavy atom. The van der Waals surface area contributed by atoms with E-state index >= 15 is 0 Å². The van der Waals surface area contributed by atoms with Gasteiger partial charge in [-0.1, -0.05) is 44.2 Å². The summed E-state index contributed by atoms with van der Waals surface area (Å²) < 4.78 is 0. The lowest BCUT2D eigenvalue weighted by molar-refractivity contribution is 0.297. The molecule has 0 radical (unpaired) electrons. The summed E-state index contributed by atoms with van der Waals surface area (Å²) in [6, 6.07) is 10.7. The van der Waals surface area contributed by atoms with Crippen LogP contribution in [0.2, 0.25) is 0 Å². The lowest BCUT2D eigenvalue weighted by Crippen LogP contribution is -2.38. The van der Waals surface area contributed by atoms with Gasteiger partial charge >= 0.3 is 0 Å². The molecule has 1 aromatic rings. The number of hydrogen-bond acceptors (Lipinski definition) is 2. The minimum atomic E-state index is 0.254. The van der Waals surface area contributed by atoms with Gasteiger partial charge in [-0.2, -0.15) is 0 Å². The average molecular weight is 319 g/mol. The van der Waals surface area contributed by atoms with Crippen LogP contribution in [0.5, 0.6) is 0 Å². The summed E-state index contributed by atoms with van der Waals surface area (Å²) in [6.45, 7) is 13.9. The molecular weight excluding hydrogens is 284 g/mol. The zero-order valence-corrected chi connectivity index (χ0v) is 15.3. The van der Waals surface area contributed by atoms with Gasteiger partial charge in [-0.25, -0.2) is 0 Å². The third kappa shape index (κ3) is 8.03. The van der Waals surface area contributed by atoms with E-state index in [1.165, 1.54) is 18.5 Å². The SMILES string of the molecule is CCNC(=NCCCCN(CC)CC)NC(C)c1ccccc1. The van der Waals surface area contributed by atoms with Crippen LogP contribution < -0.4 is 10.6 Å². The highest BCUT2D eigenvalue weighted by molar-refractivity contribution is 5.80. The number of benzene rings is 1. The smallest absolute Gasteiger partial charge is 0.191 e. The second kappa shape index (κ2) is 11.9. The summed E-state index contributed by atoms with van der Waals surface area (Å²) >= 11 is 0. The van der Waals surface area contributed by atoms with Gasteiger partial charge in [0.05, 0.1) is 6.04 Å². The quantitative estimate of drug-likeness (QED) is 0.394. The Labute approximate surface area is 142 Å². The summed E-state index contributed by atoms with van der Waals surface area (Å²) in [6.07, 6.45) is 2.34. The molecule has 1 aromatic carbocycles.